The second-order valence-corrected chi connectivity index (χ2v) is 3.43. The van der Waals surface area contributed by atoms with Gasteiger partial charge >= 0.3 is 0 Å². The minimum absolute atomic E-state index is 0.221. The Morgan fingerprint density at radius 1 is 1.67 bits per heavy atom. The van der Waals surface area contributed by atoms with Gasteiger partial charge in [-0.3, -0.25) is 0 Å². The third kappa shape index (κ3) is 4.35. The molecule has 0 heterocycles. The summed E-state index contributed by atoms with van der Waals surface area (Å²) >= 11 is 0. The van der Waals surface area contributed by atoms with Crippen LogP contribution >= 0.6 is 0 Å². The Hall–Kier alpha value is 0.354. The number of hydrogen-bond acceptors (Lipinski definition) is 2. The van der Waals surface area contributed by atoms with Gasteiger partial charge in [0.25, 0.3) is 10.0 Å². The zero-order chi connectivity index (χ0) is 4.83. The fraction of sp³-hybridized carbons (Fsp3) is 1.00. The minimum Gasteiger partial charge on any atom is -0.443 e. The highest BCUT2D eigenvalue weighted by Gasteiger charge is 1.75. The van der Waals surface area contributed by atoms with Crippen molar-refractivity contribution in [2.75, 3.05) is 7.11 Å². The van der Waals surface area contributed by atoms with E-state index < -0.39 is 10.0 Å². The Balaban J connectivity index is 2.34. The summed E-state index contributed by atoms with van der Waals surface area (Å²) in [5.74, 6) is 0. The highest BCUT2D eigenvalue weighted by Crippen LogP contribution is 1.62. The van der Waals surface area contributed by atoms with Crippen molar-refractivity contribution >= 4 is 19.8 Å². The zero-order valence-electron chi connectivity index (χ0n) is 4.10. The van der Waals surface area contributed by atoms with Gasteiger partial charge in [-0.05, 0) is 6.55 Å². The Bertz CT molecular complexity index is 21.5. The molecule has 2 nitrogen and oxygen atoms in total. The van der Waals surface area contributed by atoms with Gasteiger partial charge in [0.1, 0.15) is 0 Å². The van der Waals surface area contributed by atoms with Gasteiger partial charge in [0, 0.05) is 7.11 Å². The van der Waals surface area contributed by atoms with Crippen molar-refractivity contribution in [1.29, 1.82) is 0 Å². The summed E-state index contributed by atoms with van der Waals surface area (Å²) in [5.41, 5.74) is 0. The monoisotopic (exact) mass is 121 g/mol. The van der Waals surface area contributed by atoms with Crippen molar-refractivity contribution in [3.05, 3.63) is 0 Å². The molecule has 0 aliphatic heterocycles. The van der Waals surface area contributed by atoms with E-state index >= 15 is 0 Å². The van der Waals surface area contributed by atoms with E-state index in [4.69, 9.17) is 8.54 Å². The van der Waals surface area contributed by atoms with E-state index in [0.717, 1.165) is 0 Å². The third-order valence-electron chi connectivity index (χ3n) is 0.353. The van der Waals surface area contributed by atoms with E-state index in [0.29, 0.717) is 0 Å². The molecule has 0 aromatic carbocycles. The van der Waals surface area contributed by atoms with E-state index in [1.165, 1.54) is 0 Å². The van der Waals surface area contributed by atoms with Crippen molar-refractivity contribution in [3.63, 3.8) is 0 Å². The maximum absolute atomic E-state index is 4.98. The summed E-state index contributed by atoms with van der Waals surface area (Å²) in [6.45, 7) is 2.05. The molecule has 6 heavy (non-hydrogen) atoms. The first kappa shape index (κ1) is 6.35. The second kappa shape index (κ2) is 5.35. The first-order chi connectivity index (χ1) is 2.91. The molecular formula is C2H9O2Si2. The van der Waals surface area contributed by atoms with Crippen molar-refractivity contribution in [3.8, 4) is 0 Å². The van der Waals surface area contributed by atoms with Crippen molar-refractivity contribution in [2.45, 2.75) is 6.55 Å². The van der Waals surface area contributed by atoms with Crippen LogP contribution in [0.5, 0.6) is 0 Å². The van der Waals surface area contributed by atoms with Crippen LogP contribution in [0.1, 0.15) is 0 Å². The van der Waals surface area contributed by atoms with Gasteiger partial charge < -0.3 is 8.54 Å². The maximum Gasteiger partial charge on any atom is 0.293 e. The molecule has 0 aliphatic carbocycles. The first-order valence-electron chi connectivity index (χ1n) is 1.80. The van der Waals surface area contributed by atoms with Crippen LogP contribution in [0, 0.1) is 0 Å². The lowest BCUT2D eigenvalue weighted by Crippen LogP contribution is -2.01. The van der Waals surface area contributed by atoms with Gasteiger partial charge in [-0.2, -0.15) is 0 Å². The Kier molecular flexibility index (Phi) is 5.67. The van der Waals surface area contributed by atoms with Crippen LogP contribution in [0.2, 0.25) is 6.55 Å². The van der Waals surface area contributed by atoms with Crippen LogP contribution < -0.4 is 0 Å². The van der Waals surface area contributed by atoms with Crippen LogP contribution in [-0.2, 0) is 8.54 Å². The SMILES string of the molecule is CO[SiH2]O[SiH]C. The molecule has 0 aliphatic rings. The lowest BCUT2D eigenvalue weighted by atomic mass is 11.8. The second-order valence-electron chi connectivity index (χ2n) is 0.809. The van der Waals surface area contributed by atoms with Gasteiger partial charge in [-0.25, -0.2) is 0 Å². The molecule has 0 saturated heterocycles. The molecule has 0 saturated carbocycles. The predicted octanol–water partition coefficient (Wildman–Crippen LogP) is -0.952. The van der Waals surface area contributed by atoms with Gasteiger partial charge in [-0.15, -0.1) is 0 Å². The average Bonchev–Trinajstić information content (AvgIpc) is 1.61. The van der Waals surface area contributed by atoms with Crippen LogP contribution in [0.15, 0.2) is 0 Å². The maximum atomic E-state index is 4.98. The summed E-state index contributed by atoms with van der Waals surface area (Å²) in [7, 11) is 1.36. The number of hydrogen-bond donors (Lipinski definition) is 0. The van der Waals surface area contributed by atoms with Gasteiger partial charge in [-0.1, -0.05) is 0 Å². The fourth-order valence-electron chi connectivity index (χ4n) is 0.136. The molecule has 0 spiro atoms. The average molecular weight is 121 g/mol. The van der Waals surface area contributed by atoms with Crippen LogP contribution in [-0.4, -0.2) is 26.9 Å². The summed E-state index contributed by atoms with van der Waals surface area (Å²) in [6.07, 6.45) is 0. The largest absolute Gasteiger partial charge is 0.443 e. The fourth-order valence-corrected chi connectivity index (χ4v) is 1.22. The standard InChI is InChI=1S/C2H9O2Si2/c1-3-6-4-5-2/h5H,6H2,1-2H3. The molecule has 4 heteroatoms. The molecule has 37 valence electrons. The third-order valence-corrected chi connectivity index (χ3v) is 2.47. The van der Waals surface area contributed by atoms with Gasteiger partial charge in [0.05, 0.1) is 0 Å². The van der Waals surface area contributed by atoms with Crippen molar-refractivity contribution in [1.82, 2.24) is 0 Å². The molecule has 0 atom stereocenters. The summed E-state index contributed by atoms with van der Waals surface area (Å²) < 4.78 is 9.70. The van der Waals surface area contributed by atoms with Gasteiger partial charge in [0.15, 0.2) is 9.76 Å². The summed E-state index contributed by atoms with van der Waals surface area (Å²) in [6, 6.07) is 0. The molecule has 0 amide bonds. The first-order valence-corrected chi connectivity index (χ1v) is 4.58. The Morgan fingerprint density at radius 3 is 2.50 bits per heavy atom. The molecule has 0 rings (SSSR count). The van der Waals surface area contributed by atoms with E-state index in [-0.39, 0.29) is 9.76 Å². The van der Waals surface area contributed by atoms with Crippen molar-refractivity contribution in [2.24, 2.45) is 0 Å². The normalized spacial score (nSPS) is 11.0. The molecule has 0 N–H and O–H groups in total. The molecule has 0 fully saturated rings. The highest BCUT2D eigenvalue weighted by atomic mass is 28.3. The van der Waals surface area contributed by atoms with Crippen LogP contribution in [0.25, 0.3) is 0 Å². The van der Waals surface area contributed by atoms with Gasteiger partial charge in [0.2, 0.25) is 0 Å². The smallest absolute Gasteiger partial charge is 0.293 e. The van der Waals surface area contributed by atoms with E-state index in [2.05, 4.69) is 0 Å². The minimum atomic E-state index is -0.541. The summed E-state index contributed by atoms with van der Waals surface area (Å²) in [5, 5.41) is 0. The van der Waals surface area contributed by atoms with E-state index in [1.54, 1.807) is 7.11 Å². The molecule has 0 aromatic rings. The molecule has 0 unspecified atom stereocenters. The lowest BCUT2D eigenvalue weighted by Gasteiger charge is -1.91. The predicted molar refractivity (Wildman–Crippen MR) is 29.7 cm³/mol. The Labute approximate surface area is 42.8 Å². The van der Waals surface area contributed by atoms with E-state index in [1.807, 2.05) is 6.55 Å². The molecular weight excluding hydrogens is 112 g/mol. The number of rotatable bonds is 3. The lowest BCUT2D eigenvalue weighted by molar-refractivity contribution is 0.373. The van der Waals surface area contributed by atoms with Crippen molar-refractivity contribution < 1.29 is 8.54 Å². The summed E-state index contributed by atoms with van der Waals surface area (Å²) in [4.78, 5) is 0. The molecule has 0 bridgehead atoms. The quantitative estimate of drug-likeness (QED) is 0.354. The Morgan fingerprint density at radius 2 is 2.33 bits per heavy atom. The molecule has 1 radical (unpaired) electrons. The topological polar surface area (TPSA) is 18.5 Å². The van der Waals surface area contributed by atoms with Crippen LogP contribution in [0.3, 0.4) is 0 Å². The molecule has 0 aromatic heterocycles. The van der Waals surface area contributed by atoms with E-state index in [9.17, 15) is 0 Å². The zero-order valence-corrected chi connectivity index (χ0v) is 6.67. The highest BCUT2D eigenvalue weighted by molar-refractivity contribution is 6.37. The van der Waals surface area contributed by atoms with Crippen LogP contribution in [0.4, 0.5) is 0 Å².